The van der Waals surface area contributed by atoms with Crippen LogP contribution >= 0.6 is 27.5 Å². The molecule has 0 bridgehead atoms. The first-order valence-corrected chi connectivity index (χ1v) is 6.36. The third-order valence-electron chi connectivity index (χ3n) is 2.20. The molecule has 6 heteroatoms. The summed E-state index contributed by atoms with van der Waals surface area (Å²) in [5.41, 5.74) is 1.16. The van der Waals surface area contributed by atoms with E-state index in [1.54, 1.807) is 6.20 Å². The standard InChI is InChI=1S/C11H12BrClN4/c1-8-5-16-17(7-8)3-2-14-11-10(13)4-9(12)6-15-11/h4-7H,2-3H2,1H3,(H,14,15). The summed E-state index contributed by atoms with van der Waals surface area (Å²) in [5.74, 6) is 0.693. The predicted molar refractivity (Wildman–Crippen MR) is 72.4 cm³/mol. The molecule has 2 heterocycles. The summed E-state index contributed by atoms with van der Waals surface area (Å²) >= 11 is 9.35. The van der Waals surface area contributed by atoms with Crippen molar-refractivity contribution < 1.29 is 0 Å². The molecule has 2 aromatic heterocycles. The number of hydrogen-bond donors (Lipinski definition) is 1. The molecule has 0 fully saturated rings. The van der Waals surface area contributed by atoms with Crippen molar-refractivity contribution in [2.45, 2.75) is 13.5 Å². The van der Waals surface area contributed by atoms with Gasteiger partial charge in [-0.15, -0.1) is 0 Å². The van der Waals surface area contributed by atoms with Gasteiger partial charge in [-0.1, -0.05) is 11.6 Å². The SMILES string of the molecule is Cc1cnn(CCNc2ncc(Br)cc2Cl)c1. The van der Waals surface area contributed by atoms with Crippen LogP contribution in [0.2, 0.25) is 5.02 Å². The van der Waals surface area contributed by atoms with E-state index in [9.17, 15) is 0 Å². The lowest BCUT2D eigenvalue weighted by atomic mass is 10.4. The van der Waals surface area contributed by atoms with Gasteiger partial charge in [-0.25, -0.2) is 4.98 Å². The number of hydrogen-bond acceptors (Lipinski definition) is 3. The van der Waals surface area contributed by atoms with Gasteiger partial charge in [0.2, 0.25) is 0 Å². The summed E-state index contributed by atoms with van der Waals surface area (Å²) in [6.45, 7) is 3.53. The smallest absolute Gasteiger partial charge is 0.144 e. The Morgan fingerprint density at radius 1 is 1.47 bits per heavy atom. The summed E-state index contributed by atoms with van der Waals surface area (Å²) in [7, 11) is 0. The molecule has 0 unspecified atom stereocenters. The van der Waals surface area contributed by atoms with Crippen LogP contribution < -0.4 is 5.32 Å². The first kappa shape index (κ1) is 12.4. The minimum atomic E-state index is 0.607. The van der Waals surface area contributed by atoms with Gasteiger partial charge < -0.3 is 5.32 Å². The molecule has 4 nitrogen and oxygen atoms in total. The van der Waals surface area contributed by atoms with E-state index in [1.807, 2.05) is 30.1 Å². The van der Waals surface area contributed by atoms with Gasteiger partial charge in [0.1, 0.15) is 5.82 Å². The summed E-state index contributed by atoms with van der Waals surface area (Å²) in [6, 6.07) is 1.81. The van der Waals surface area contributed by atoms with Crippen LogP contribution in [0.25, 0.3) is 0 Å². The molecule has 1 N–H and O–H groups in total. The van der Waals surface area contributed by atoms with Gasteiger partial charge in [-0.2, -0.15) is 5.10 Å². The van der Waals surface area contributed by atoms with Crippen LogP contribution in [0.5, 0.6) is 0 Å². The molecule has 0 aromatic carbocycles. The molecule has 0 amide bonds. The van der Waals surface area contributed by atoms with Gasteiger partial charge in [0, 0.05) is 23.4 Å². The van der Waals surface area contributed by atoms with Gasteiger partial charge in [-0.3, -0.25) is 4.68 Å². The van der Waals surface area contributed by atoms with E-state index in [4.69, 9.17) is 11.6 Å². The molecule has 0 spiro atoms. The number of rotatable bonds is 4. The van der Waals surface area contributed by atoms with Crippen molar-refractivity contribution in [1.29, 1.82) is 0 Å². The number of aryl methyl sites for hydroxylation is 1. The van der Waals surface area contributed by atoms with E-state index < -0.39 is 0 Å². The quantitative estimate of drug-likeness (QED) is 0.942. The number of aromatic nitrogens is 3. The highest BCUT2D eigenvalue weighted by atomic mass is 79.9. The molecule has 0 aliphatic rings. The summed E-state index contributed by atoms with van der Waals surface area (Å²) < 4.78 is 2.76. The molecule has 0 saturated carbocycles. The largest absolute Gasteiger partial charge is 0.367 e. The average Bonchev–Trinajstić information content (AvgIpc) is 2.68. The van der Waals surface area contributed by atoms with Gasteiger partial charge in [-0.05, 0) is 34.5 Å². The van der Waals surface area contributed by atoms with Gasteiger partial charge >= 0.3 is 0 Å². The Morgan fingerprint density at radius 2 is 2.29 bits per heavy atom. The molecule has 0 radical (unpaired) electrons. The van der Waals surface area contributed by atoms with Crippen molar-refractivity contribution in [3.8, 4) is 0 Å². The molecular weight excluding hydrogens is 304 g/mol. The molecule has 2 rings (SSSR count). The third-order valence-corrected chi connectivity index (χ3v) is 2.93. The van der Waals surface area contributed by atoms with Crippen molar-refractivity contribution in [2.75, 3.05) is 11.9 Å². The van der Waals surface area contributed by atoms with Gasteiger partial charge in [0.15, 0.2) is 0 Å². The summed E-state index contributed by atoms with van der Waals surface area (Å²) in [6.07, 6.45) is 5.55. The second-order valence-corrected chi connectivity index (χ2v) is 5.01. The maximum atomic E-state index is 6.04. The lowest BCUT2D eigenvalue weighted by molar-refractivity contribution is 0.637. The van der Waals surface area contributed by atoms with E-state index in [0.29, 0.717) is 10.8 Å². The Hall–Kier alpha value is -1.07. The number of halogens is 2. The minimum absolute atomic E-state index is 0.607. The molecule has 0 aliphatic heterocycles. The van der Waals surface area contributed by atoms with Crippen LogP contribution in [-0.4, -0.2) is 21.3 Å². The predicted octanol–water partition coefficient (Wildman–Crippen LogP) is 3.11. The Kier molecular flexibility index (Phi) is 4.02. The van der Waals surface area contributed by atoms with Crippen LogP contribution in [-0.2, 0) is 6.54 Å². The fourth-order valence-electron chi connectivity index (χ4n) is 1.42. The Bertz CT molecular complexity index is 512. The lowest BCUT2D eigenvalue weighted by Gasteiger charge is -2.07. The number of nitrogens with zero attached hydrogens (tertiary/aromatic N) is 3. The van der Waals surface area contributed by atoms with Crippen molar-refractivity contribution in [3.05, 3.63) is 39.7 Å². The summed E-state index contributed by atoms with van der Waals surface area (Å²) in [4.78, 5) is 4.19. The van der Waals surface area contributed by atoms with Crippen molar-refractivity contribution in [3.63, 3.8) is 0 Å². The normalized spacial score (nSPS) is 10.5. The first-order chi connectivity index (χ1) is 8.15. The highest BCUT2D eigenvalue weighted by molar-refractivity contribution is 9.10. The number of pyridine rings is 1. The van der Waals surface area contributed by atoms with E-state index >= 15 is 0 Å². The zero-order valence-corrected chi connectivity index (χ0v) is 11.7. The second kappa shape index (κ2) is 5.51. The zero-order chi connectivity index (χ0) is 12.3. The molecular formula is C11H12BrClN4. The van der Waals surface area contributed by atoms with Crippen LogP contribution in [0.4, 0.5) is 5.82 Å². The molecule has 2 aromatic rings. The lowest BCUT2D eigenvalue weighted by Crippen LogP contribution is -2.11. The fraction of sp³-hybridized carbons (Fsp3) is 0.273. The van der Waals surface area contributed by atoms with Gasteiger partial charge in [0.25, 0.3) is 0 Å². The fourth-order valence-corrected chi connectivity index (χ4v) is 2.12. The van der Waals surface area contributed by atoms with Gasteiger partial charge in [0.05, 0.1) is 17.8 Å². The van der Waals surface area contributed by atoms with Crippen LogP contribution in [0, 0.1) is 6.92 Å². The molecule has 17 heavy (non-hydrogen) atoms. The topological polar surface area (TPSA) is 42.7 Å². The van der Waals surface area contributed by atoms with Crippen LogP contribution in [0.15, 0.2) is 29.1 Å². The van der Waals surface area contributed by atoms with Crippen molar-refractivity contribution in [2.24, 2.45) is 0 Å². The summed E-state index contributed by atoms with van der Waals surface area (Å²) in [5, 5.41) is 7.98. The van der Waals surface area contributed by atoms with Crippen LogP contribution in [0.1, 0.15) is 5.56 Å². The number of nitrogens with one attached hydrogen (secondary N) is 1. The van der Waals surface area contributed by atoms with Crippen LogP contribution in [0.3, 0.4) is 0 Å². The molecule has 90 valence electrons. The van der Waals surface area contributed by atoms with E-state index in [1.165, 1.54) is 0 Å². The Labute approximate surface area is 113 Å². The second-order valence-electron chi connectivity index (χ2n) is 3.69. The van der Waals surface area contributed by atoms with Crippen molar-refractivity contribution in [1.82, 2.24) is 14.8 Å². The third kappa shape index (κ3) is 3.44. The maximum Gasteiger partial charge on any atom is 0.144 e. The Morgan fingerprint density at radius 3 is 2.94 bits per heavy atom. The minimum Gasteiger partial charge on any atom is -0.367 e. The van der Waals surface area contributed by atoms with E-state index in [-0.39, 0.29) is 0 Å². The van der Waals surface area contributed by atoms with E-state index in [0.717, 1.165) is 23.1 Å². The Balaban J connectivity index is 1.90. The maximum absolute atomic E-state index is 6.04. The van der Waals surface area contributed by atoms with Crippen molar-refractivity contribution >= 4 is 33.3 Å². The zero-order valence-electron chi connectivity index (χ0n) is 9.32. The molecule has 0 saturated heterocycles. The molecule has 0 aliphatic carbocycles. The van der Waals surface area contributed by atoms with E-state index in [2.05, 4.69) is 31.3 Å². The highest BCUT2D eigenvalue weighted by Crippen LogP contribution is 2.22. The first-order valence-electron chi connectivity index (χ1n) is 5.19. The number of anilines is 1. The molecule has 0 atom stereocenters. The average molecular weight is 316 g/mol. The monoisotopic (exact) mass is 314 g/mol. The highest BCUT2D eigenvalue weighted by Gasteiger charge is 2.02.